The van der Waals surface area contributed by atoms with Gasteiger partial charge in [0.05, 0.1) is 17.4 Å². The van der Waals surface area contributed by atoms with E-state index in [-0.39, 0.29) is 0 Å². The molecule has 19 heavy (non-hydrogen) atoms. The average Bonchev–Trinajstić information content (AvgIpc) is 2.40. The number of nitrogens with zero attached hydrogens (tertiary/aromatic N) is 3. The molecule has 1 saturated heterocycles. The Morgan fingerprint density at radius 1 is 1.37 bits per heavy atom. The lowest BCUT2D eigenvalue weighted by Gasteiger charge is -2.35. The summed E-state index contributed by atoms with van der Waals surface area (Å²) in [5, 5.41) is 0. The standard InChI is InChI=1S/C13H21N5O/c1-2-3-17-4-6-18(7-5-17)13-11(12(15)19)8-10(14)9-16-13/h8-9H,2-7,14H2,1H3,(H2,15,19). The van der Waals surface area contributed by atoms with Crippen molar-refractivity contribution < 1.29 is 4.79 Å². The number of anilines is 2. The first-order chi connectivity index (χ1) is 9.11. The van der Waals surface area contributed by atoms with E-state index in [1.54, 1.807) is 12.3 Å². The van der Waals surface area contributed by atoms with Gasteiger partial charge in [-0.3, -0.25) is 9.69 Å². The van der Waals surface area contributed by atoms with Gasteiger partial charge in [0.25, 0.3) is 5.91 Å². The number of carbonyl (C=O) groups excluding carboxylic acids is 1. The lowest BCUT2D eigenvalue weighted by molar-refractivity contribution is 0.100. The first-order valence-corrected chi connectivity index (χ1v) is 6.64. The summed E-state index contributed by atoms with van der Waals surface area (Å²) >= 11 is 0. The van der Waals surface area contributed by atoms with Gasteiger partial charge in [0, 0.05) is 26.2 Å². The number of nitrogens with two attached hydrogens (primary N) is 2. The molecule has 0 radical (unpaired) electrons. The van der Waals surface area contributed by atoms with Crippen LogP contribution in [0.25, 0.3) is 0 Å². The van der Waals surface area contributed by atoms with Gasteiger partial charge in [-0.05, 0) is 19.0 Å². The third kappa shape index (κ3) is 3.14. The fourth-order valence-corrected chi connectivity index (χ4v) is 2.41. The van der Waals surface area contributed by atoms with Crippen LogP contribution in [-0.2, 0) is 0 Å². The number of rotatable bonds is 4. The molecule has 6 nitrogen and oxygen atoms in total. The second kappa shape index (κ2) is 5.88. The van der Waals surface area contributed by atoms with Crippen LogP contribution in [0.4, 0.5) is 11.5 Å². The van der Waals surface area contributed by atoms with E-state index in [9.17, 15) is 4.79 Å². The Labute approximate surface area is 113 Å². The largest absolute Gasteiger partial charge is 0.397 e. The quantitative estimate of drug-likeness (QED) is 0.815. The Morgan fingerprint density at radius 3 is 2.63 bits per heavy atom. The van der Waals surface area contributed by atoms with Gasteiger partial charge in [-0.1, -0.05) is 6.92 Å². The first kappa shape index (κ1) is 13.6. The highest BCUT2D eigenvalue weighted by atomic mass is 16.1. The number of pyridine rings is 1. The highest BCUT2D eigenvalue weighted by Crippen LogP contribution is 2.21. The van der Waals surface area contributed by atoms with Crippen molar-refractivity contribution in [2.24, 2.45) is 5.73 Å². The highest BCUT2D eigenvalue weighted by molar-refractivity contribution is 5.98. The van der Waals surface area contributed by atoms with Crippen molar-refractivity contribution in [1.82, 2.24) is 9.88 Å². The molecule has 104 valence electrons. The van der Waals surface area contributed by atoms with E-state index in [4.69, 9.17) is 11.5 Å². The van der Waals surface area contributed by atoms with E-state index in [2.05, 4.69) is 21.7 Å². The van der Waals surface area contributed by atoms with E-state index in [1.807, 2.05) is 0 Å². The van der Waals surface area contributed by atoms with Gasteiger partial charge in [0.15, 0.2) is 0 Å². The molecule has 0 atom stereocenters. The zero-order chi connectivity index (χ0) is 13.8. The number of carbonyl (C=O) groups is 1. The molecule has 1 aliphatic rings. The zero-order valence-electron chi connectivity index (χ0n) is 11.3. The van der Waals surface area contributed by atoms with E-state index in [1.165, 1.54) is 0 Å². The van der Waals surface area contributed by atoms with Crippen LogP contribution >= 0.6 is 0 Å². The van der Waals surface area contributed by atoms with Crippen LogP contribution < -0.4 is 16.4 Å². The van der Waals surface area contributed by atoms with Crippen molar-refractivity contribution in [2.45, 2.75) is 13.3 Å². The van der Waals surface area contributed by atoms with Crippen molar-refractivity contribution in [1.29, 1.82) is 0 Å². The normalized spacial score (nSPS) is 16.6. The Bertz CT molecular complexity index is 454. The first-order valence-electron chi connectivity index (χ1n) is 6.64. The molecule has 2 heterocycles. The number of hydrogen-bond donors (Lipinski definition) is 2. The molecule has 4 N–H and O–H groups in total. The van der Waals surface area contributed by atoms with Crippen LogP contribution in [-0.4, -0.2) is 48.5 Å². The Kier molecular flexibility index (Phi) is 4.21. The van der Waals surface area contributed by atoms with Crippen LogP contribution in [0.5, 0.6) is 0 Å². The summed E-state index contributed by atoms with van der Waals surface area (Å²) in [6, 6.07) is 1.60. The maximum Gasteiger partial charge on any atom is 0.252 e. The van der Waals surface area contributed by atoms with Gasteiger partial charge in [-0.25, -0.2) is 4.98 Å². The molecule has 2 rings (SSSR count). The minimum Gasteiger partial charge on any atom is -0.397 e. The molecule has 0 aromatic carbocycles. The molecule has 0 unspecified atom stereocenters. The molecule has 1 aromatic heterocycles. The van der Waals surface area contributed by atoms with Gasteiger partial charge in [0.1, 0.15) is 5.82 Å². The monoisotopic (exact) mass is 263 g/mol. The zero-order valence-corrected chi connectivity index (χ0v) is 11.3. The summed E-state index contributed by atoms with van der Waals surface area (Å²) in [7, 11) is 0. The van der Waals surface area contributed by atoms with E-state index in [0.29, 0.717) is 17.1 Å². The summed E-state index contributed by atoms with van der Waals surface area (Å²) in [5.41, 5.74) is 11.9. The van der Waals surface area contributed by atoms with Crippen LogP contribution in [0, 0.1) is 0 Å². The van der Waals surface area contributed by atoms with Crippen LogP contribution in [0.2, 0.25) is 0 Å². The summed E-state index contributed by atoms with van der Waals surface area (Å²) < 4.78 is 0. The Balaban J connectivity index is 2.13. The van der Waals surface area contributed by atoms with Crippen molar-refractivity contribution in [2.75, 3.05) is 43.4 Å². The van der Waals surface area contributed by atoms with Crippen LogP contribution in [0.1, 0.15) is 23.7 Å². The summed E-state index contributed by atoms with van der Waals surface area (Å²) in [5.74, 6) is 0.170. The summed E-state index contributed by atoms with van der Waals surface area (Å²) in [6.07, 6.45) is 2.73. The predicted octanol–water partition coefficient (Wildman–Crippen LogP) is 0.295. The second-order valence-corrected chi connectivity index (χ2v) is 4.83. The third-order valence-corrected chi connectivity index (χ3v) is 3.36. The molecule has 0 bridgehead atoms. The maximum atomic E-state index is 11.5. The SMILES string of the molecule is CCCN1CCN(c2ncc(N)cc2C(N)=O)CC1. The molecule has 1 fully saturated rings. The molecule has 1 aliphatic heterocycles. The van der Waals surface area contributed by atoms with Crippen molar-refractivity contribution in [3.8, 4) is 0 Å². The molecule has 1 aromatic rings. The molecular formula is C13H21N5O. The number of primary amides is 1. The van der Waals surface area contributed by atoms with E-state index >= 15 is 0 Å². The number of aromatic nitrogens is 1. The number of hydrogen-bond acceptors (Lipinski definition) is 5. The second-order valence-electron chi connectivity index (χ2n) is 4.83. The van der Waals surface area contributed by atoms with Gasteiger partial charge in [0.2, 0.25) is 0 Å². The van der Waals surface area contributed by atoms with Gasteiger partial charge in [-0.2, -0.15) is 0 Å². The Hall–Kier alpha value is -1.82. The van der Waals surface area contributed by atoms with Crippen molar-refractivity contribution >= 4 is 17.4 Å². The molecular weight excluding hydrogens is 242 g/mol. The average molecular weight is 263 g/mol. The highest BCUT2D eigenvalue weighted by Gasteiger charge is 2.21. The van der Waals surface area contributed by atoms with Crippen LogP contribution in [0.15, 0.2) is 12.3 Å². The fraction of sp³-hybridized carbons (Fsp3) is 0.538. The number of amides is 1. The Morgan fingerprint density at radius 2 is 2.05 bits per heavy atom. The summed E-state index contributed by atoms with van der Waals surface area (Å²) in [6.45, 7) is 6.98. The smallest absolute Gasteiger partial charge is 0.252 e. The topological polar surface area (TPSA) is 88.5 Å². The van der Waals surface area contributed by atoms with Gasteiger partial charge < -0.3 is 16.4 Å². The third-order valence-electron chi connectivity index (χ3n) is 3.36. The lowest BCUT2D eigenvalue weighted by atomic mass is 10.2. The number of piperazine rings is 1. The van der Waals surface area contributed by atoms with Gasteiger partial charge >= 0.3 is 0 Å². The van der Waals surface area contributed by atoms with E-state index in [0.717, 1.165) is 39.1 Å². The van der Waals surface area contributed by atoms with Gasteiger partial charge in [-0.15, -0.1) is 0 Å². The molecule has 0 saturated carbocycles. The maximum absolute atomic E-state index is 11.5. The van der Waals surface area contributed by atoms with Crippen LogP contribution in [0.3, 0.4) is 0 Å². The van der Waals surface area contributed by atoms with Crippen molar-refractivity contribution in [3.05, 3.63) is 17.8 Å². The number of nitrogen functional groups attached to an aromatic ring is 1. The fourth-order valence-electron chi connectivity index (χ4n) is 2.41. The van der Waals surface area contributed by atoms with Crippen molar-refractivity contribution in [3.63, 3.8) is 0 Å². The predicted molar refractivity (Wildman–Crippen MR) is 76.1 cm³/mol. The molecule has 1 amide bonds. The molecule has 0 aliphatic carbocycles. The minimum atomic E-state index is -0.481. The summed E-state index contributed by atoms with van der Waals surface area (Å²) in [4.78, 5) is 20.3. The van der Waals surface area contributed by atoms with E-state index < -0.39 is 5.91 Å². The minimum absolute atomic E-state index is 0.406. The molecule has 6 heteroatoms. The lowest BCUT2D eigenvalue weighted by Crippen LogP contribution is -2.47. The molecule has 0 spiro atoms.